The molecule has 0 aliphatic carbocycles. The van der Waals surface area contributed by atoms with Crippen molar-refractivity contribution in [2.75, 3.05) is 19.8 Å². The molecule has 0 amide bonds. The highest BCUT2D eigenvalue weighted by Crippen LogP contribution is 2.31. The topological polar surface area (TPSA) is 266 Å². The fraction of sp³-hybridized carbons (Fsp3) is 0.483. The Bertz CT molecular complexity index is 1320. The van der Waals surface area contributed by atoms with Gasteiger partial charge in [-0.1, -0.05) is 12.1 Å². The number of aromatic hydroxyl groups is 4. The minimum atomic E-state index is -1.85. The predicted molar refractivity (Wildman–Crippen MR) is 149 cm³/mol. The van der Waals surface area contributed by atoms with Gasteiger partial charge in [-0.15, -0.1) is 0 Å². The van der Waals surface area contributed by atoms with E-state index in [0.717, 1.165) is 6.08 Å². The molecule has 16 heteroatoms. The maximum Gasteiger partial charge on any atom is 0.330 e. The SMILES string of the molecule is O=C(/C=C/c1ccc(O)c(O)c1)OCC1OC(OCCc2ccc(O)c(O)c2)C(O)C(OC2OC(CO)C(O)C(O)C2O)C1O. The average Bonchev–Trinajstić information content (AvgIpc) is 3.01. The van der Waals surface area contributed by atoms with E-state index >= 15 is 0 Å². The minimum Gasteiger partial charge on any atom is -0.504 e. The van der Waals surface area contributed by atoms with E-state index in [1.807, 2.05) is 0 Å². The van der Waals surface area contributed by atoms with Gasteiger partial charge in [0.2, 0.25) is 0 Å². The van der Waals surface area contributed by atoms with E-state index in [4.69, 9.17) is 23.7 Å². The molecule has 0 bridgehead atoms. The van der Waals surface area contributed by atoms with Crippen LogP contribution in [0.15, 0.2) is 42.5 Å². The fourth-order valence-electron chi connectivity index (χ4n) is 4.71. The van der Waals surface area contributed by atoms with Gasteiger partial charge in [0.05, 0.1) is 13.2 Å². The molecule has 4 rings (SSSR count). The van der Waals surface area contributed by atoms with Gasteiger partial charge in [0.1, 0.15) is 55.4 Å². The number of benzene rings is 2. The Morgan fingerprint density at radius 2 is 1.42 bits per heavy atom. The third kappa shape index (κ3) is 8.39. The van der Waals surface area contributed by atoms with E-state index in [0.29, 0.717) is 11.1 Å². The highest BCUT2D eigenvalue weighted by Gasteiger charge is 2.51. The molecule has 0 spiro atoms. The normalized spacial score (nSPS) is 32.0. The number of ether oxygens (including phenoxy) is 5. The van der Waals surface area contributed by atoms with Crippen molar-refractivity contribution in [1.29, 1.82) is 0 Å². The highest BCUT2D eigenvalue weighted by atomic mass is 16.7. The molecule has 248 valence electrons. The molecule has 10 atom stereocenters. The van der Waals surface area contributed by atoms with Crippen LogP contribution >= 0.6 is 0 Å². The molecule has 2 aromatic rings. The van der Waals surface area contributed by atoms with Gasteiger partial charge in [0.15, 0.2) is 35.6 Å². The summed E-state index contributed by atoms with van der Waals surface area (Å²) in [5.74, 6) is -2.31. The van der Waals surface area contributed by atoms with Crippen LogP contribution in [0.4, 0.5) is 0 Å². The average molecular weight is 641 g/mol. The van der Waals surface area contributed by atoms with E-state index < -0.39 is 86.3 Å². The molecule has 10 unspecified atom stereocenters. The molecule has 0 saturated carbocycles. The zero-order valence-corrected chi connectivity index (χ0v) is 23.6. The lowest BCUT2D eigenvalue weighted by Gasteiger charge is -2.46. The van der Waals surface area contributed by atoms with Crippen LogP contribution in [0.25, 0.3) is 6.08 Å². The molecule has 16 nitrogen and oxygen atoms in total. The molecule has 2 fully saturated rings. The second kappa shape index (κ2) is 15.2. The fourth-order valence-corrected chi connectivity index (χ4v) is 4.71. The Labute approximate surface area is 256 Å². The van der Waals surface area contributed by atoms with Crippen molar-refractivity contribution in [3.05, 3.63) is 53.6 Å². The summed E-state index contributed by atoms with van der Waals surface area (Å²) in [6.45, 7) is -1.44. The third-order valence-corrected chi connectivity index (χ3v) is 7.30. The zero-order valence-electron chi connectivity index (χ0n) is 23.6. The first-order chi connectivity index (χ1) is 21.4. The number of carbonyl (C=O) groups excluding carboxylic acids is 1. The van der Waals surface area contributed by atoms with Crippen LogP contribution in [-0.2, 0) is 34.9 Å². The summed E-state index contributed by atoms with van der Waals surface area (Å²) in [5, 5.41) is 100. The number of aliphatic hydroxyl groups is 6. The first-order valence-electron chi connectivity index (χ1n) is 13.9. The number of hydrogen-bond donors (Lipinski definition) is 10. The van der Waals surface area contributed by atoms with Crippen LogP contribution in [0, 0.1) is 0 Å². The third-order valence-electron chi connectivity index (χ3n) is 7.30. The lowest BCUT2D eigenvalue weighted by Crippen LogP contribution is -2.65. The van der Waals surface area contributed by atoms with Crippen LogP contribution < -0.4 is 0 Å². The monoisotopic (exact) mass is 640 g/mol. The summed E-state index contributed by atoms with van der Waals surface area (Å²) in [6, 6.07) is 7.97. The quantitative estimate of drug-likeness (QED) is 0.0720. The second-order valence-electron chi connectivity index (χ2n) is 10.5. The van der Waals surface area contributed by atoms with Crippen molar-refractivity contribution >= 4 is 12.0 Å². The van der Waals surface area contributed by atoms with Gasteiger partial charge in [-0.3, -0.25) is 0 Å². The summed E-state index contributed by atoms with van der Waals surface area (Å²) in [6.07, 6.45) is -13.9. The van der Waals surface area contributed by atoms with E-state index in [2.05, 4.69) is 0 Å². The molecule has 2 aliphatic rings. The summed E-state index contributed by atoms with van der Waals surface area (Å²) >= 11 is 0. The Morgan fingerprint density at radius 1 is 0.756 bits per heavy atom. The Kier molecular flexibility index (Phi) is 11.6. The largest absolute Gasteiger partial charge is 0.504 e. The number of esters is 1. The summed E-state index contributed by atoms with van der Waals surface area (Å²) in [5.41, 5.74) is 0.923. The molecule has 10 N–H and O–H groups in total. The first-order valence-corrected chi connectivity index (χ1v) is 13.9. The van der Waals surface area contributed by atoms with Crippen LogP contribution in [0.5, 0.6) is 23.0 Å². The van der Waals surface area contributed by atoms with E-state index in [1.54, 1.807) is 0 Å². The number of carbonyl (C=O) groups is 1. The molecule has 2 aromatic carbocycles. The number of aliphatic hydroxyl groups excluding tert-OH is 6. The van der Waals surface area contributed by atoms with Crippen LogP contribution in [0.3, 0.4) is 0 Å². The van der Waals surface area contributed by atoms with Gasteiger partial charge in [-0.25, -0.2) is 4.79 Å². The highest BCUT2D eigenvalue weighted by molar-refractivity contribution is 5.87. The molecular formula is C29H36O16. The first kappa shape index (κ1) is 34.3. The maximum absolute atomic E-state index is 12.4. The van der Waals surface area contributed by atoms with Gasteiger partial charge in [-0.2, -0.15) is 0 Å². The van der Waals surface area contributed by atoms with E-state index in [-0.39, 0.29) is 30.3 Å². The van der Waals surface area contributed by atoms with Crippen molar-refractivity contribution < 1.29 is 79.5 Å². The molecule has 2 saturated heterocycles. The van der Waals surface area contributed by atoms with Crippen LogP contribution in [0.2, 0.25) is 0 Å². The van der Waals surface area contributed by atoms with Crippen LogP contribution in [-0.4, -0.2) is 138 Å². The maximum atomic E-state index is 12.4. The Balaban J connectivity index is 1.45. The Morgan fingerprint density at radius 3 is 2.09 bits per heavy atom. The number of hydrogen-bond acceptors (Lipinski definition) is 16. The summed E-state index contributed by atoms with van der Waals surface area (Å²) in [7, 11) is 0. The number of rotatable bonds is 11. The molecule has 2 aliphatic heterocycles. The standard InChI is InChI=1S/C29H36O16/c30-11-19-22(36)24(38)25(39)29(43-19)45-27-23(37)20(12-42-21(35)6-3-13-1-4-15(31)17(33)9-13)44-28(26(27)40)41-8-7-14-2-5-16(32)18(34)10-14/h1-6,9-10,19-20,22-34,36-40H,7-8,11-12H2/b6-3+. The molecule has 2 heterocycles. The van der Waals surface area contributed by atoms with Gasteiger partial charge >= 0.3 is 5.97 Å². The van der Waals surface area contributed by atoms with Crippen molar-refractivity contribution in [2.45, 2.75) is 67.8 Å². The second-order valence-corrected chi connectivity index (χ2v) is 10.5. The van der Waals surface area contributed by atoms with Gasteiger partial charge < -0.3 is 74.7 Å². The molecule has 0 radical (unpaired) electrons. The summed E-state index contributed by atoms with van der Waals surface area (Å²) < 4.78 is 27.5. The number of phenols is 4. The zero-order chi connectivity index (χ0) is 32.8. The van der Waals surface area contributed by atoms with E-state index in [9.17, 15) is 55.9 Å². The molecule has 0 aromatic heterocycles. The smallest absolute Gasteiger partial charge is 0.330 e. The predicted octanol–water partition coefficient (Wildman–Crippen LogP) is -2.04. The van der Waals surface area contributed by atoms with Crippen molar-refractivity contribution in [2.24, 2.45) is 0 Å². The van der Waals surface area contributed by atoms with Crippen molar-refractivity contribution in [3.8, 4) is 23.0 Å². The number of phenolic OH excluding ortho intramolecular Hbond substituents is 4. The summed E-state index contributed by atoms with van der Waals surface area (Å²) in [4.78, 5) is 12.4. The minimum absolute atomic E-state index is 0.108. The molecule has 45 heavy (non-hydrogen) atoms. The Hall–Kier alpha value is -3.55. The van der Waals surface area contributed by atoms with E-state index in [1.165, 1.54) is 42.5 Å². The van der Waals surface area contributed by atoms with Gasteiger partial charge in [0, 0.05) is 6.08 Å². The van der Waals surface area contributed by atoms with Gasteiger partial charge in [-0.05, 0) is 47.9 Å². The van der Waals surface area contributed by atoms with Gasteiger partial charge in [0.25, 0.3) is 0 Å². The van der Waals surface area contributed by atoms with Crippen molar-refractivity contribution in [3.63, 3.8) is 0 Å². The lowest BCUT2D eigenvalue weighted by atomic mass is 9.97. The van der Waals surface area contributed by atoms with Crippen molar-refractivity contribution in [1.82, 2.24) is 0 Å². The lowest BCUT2D eigenvalue weighted by molar-refractivity contribution is -0.360. The molecular weight excluding hydrogens is 604 g/mol. The van der Waals surface area contributed by atoms with Crippen LogP contribution in [0.1, 0.15) is 11.1 Å².